The molecule has 1 atom stereocenters. The summed E-state index contributed by atoms with van der Waals surface area (Å²) in [5.41, 5.74) is 1.37. The Morgan fingerprint density at radius 1 is 1.48 bits per heavy atom. The highest BCUT2D eigenvalue weighted by Crippen LogP contribution is 2.16. The highest BCUT2D eigenvalue weighted by molar-refractivity contribution is 5.95. The van der Waals surface area contributed by atoms with E-state index in [0.717, 1.165) is 38.0 Å². The average molecular weight is 292 g/mol. The minimum Gasteiger partial charge on any atom is -0.508 e. The molecule has 0 bridgehead atoms. The number of hydrogen-bond acceptors (Lipinski definition) is 4. The van der Waals surface area contributed by atoms with Crippen LogP contribution < -0.4 is 5.32 Å². The predicted molar refractivity (Wildman–Crippen MR) is 81.4 cm³/mol. The highest BCUT2D eigenvalue weighted by atomic mass is 16.3. The van der Waals surface area contributed by atoms with Crippen LogP contribution in [0.4, 0.5) is 0 Å². The van der Waals surface area contributed by atoms with Gasteiger partial charge in [-0.2, -0.15) is 0 Å². The molecule has 116 valence electrons. The van der Waals surface area contributed by atoms with E-state index in [1.807, 2.05) is 6.92 Å². The summed E-state index contributed by atoms with van der Waals surface area (Å²) in [6.45, 7) is 5.40. The summed E-state index contributed by atoms with van der Waals surface area (Å²) in [4.78, 5) is 14.4. The van der Waals surface area contributed by atoms with E-state index in [0.29, 0.717) is 18.0 Å². The van der Waals surface area contributed by atoms with Crippen LogP contribution in [0.1, 0.15) is 28.8 Å². The lowest BCUT2D eigenvalue weighted by atomic mass is 9.99. The standard InChI is InChI=1S/C16H24N2O3/c1-12-9-14(20)4-5-15(12)16(21)17-6-8-18-7-2-3-13(10-18)11-19/h4-5,9,13,19-20H,2-3,6-8,10-11H2,1H3,(H,17,21)/t13-/m0/s1. The first-order valence-electron chi connectivity index (χ1n) is 7.51. The van der Waals surface area contributed by atoms with Crippen LogP contribution in [-0.4, -0.2) is 53.8 Å². The fourth-order valence-corrected chi connectivity index (χ4v) is 2.83. The summed E-state index contributed by atoms with van der Waals surface area (Å²) in [6, 6.07) is 4.76. The molecule has 0 unspecified atom stereocenters. The molecule has 21 heavy (non-hydrogen) atoms. The molecule has 0 radical (unpaired) electrons. The van der Waals surface area contributed by atoms with Gasteiger partial charge in [0.2, 0.25) is 0 Å². The van der Waals surface area contributed by atoms with Crippen LogP contribution in [-0.2, 0) is 0 Å². The van der Waals surface area contributed by atoms with E-state index in [9.17, 15) is 15.0 Å². The van der Waals surface area contributed by atoms with E-state index < -0.39 is 0 Å². The SMILES string of the molecule is Cc1cc(O)ccc1C(=O)NCCN1CCC[C@H](CO)C1. The van der Waals surface area contributed by atoms with Crippen LogP contribution in [0.3, 0.4) is 0 Å². The van der Waals surface area contributed by atoms with Gasteiger partial charge in [-0.05, 0) is 56.0 Å². The van der Waals surface area contributed by atoms with Crippen LogP contribution >= 0.6 is 0 Å². The van der Waals surface area contributed by atoms with Crippen molar-refractivity contribution in [2.45, 2.75) is 19.8 Å². The number of aliphatic hydroxyl groups is 1. The molecule has 1 aliphatic heterocycles. The minimum atomic E-state index is -0.108. The van der Waals surface area contributed by atoms with Gasteiger partial charge < -0.3 is 20.4 Å². The van der Waals surface area contributed by atoms with Crippen molar-refractivity contribution < 1.29 is 15.0 Å². The van der Waals surface area contributed by atoms with E-state index >= 15 is 0 Å². The van der Waals surface area contributed by atoms with Gasteiger partial charge in [0.15, 0.2) is 0 Å². The second kappa shape index (κ2) is 7.43. The average Bonchev–Trinajstić information content (AvgIpc) is 2.47. The van der Waals surface area contributed by atoms with Crippen molar-refractivity contribution in [1.82, 2.24) is 10.2 Å². The zero-order valence-corrected chi connectivity index (χ0v) is 12.5. The summed E-state index contributed by atoms with van der Waals surface area (Å²) in [5, 5.41) is 21.5. The molecular formula is C16H24N2O3. The largest absolute Gasteiger partial charge is 0.508 e. The maximum atomic E-state index is 12.1. The minimum absolute atomic E-state index is 0.108. The lowest BCUT2D eigenvalue weighted by molar-refractivity contribution is 0.0930. The number of piperidine rings is 1. The number of nitrogens with one attached hydrogen (secondary N) is 1. The molecule has 0 saturated carbocycles. The number of aryl methyl sites for hydroxylation is 1. The lowest BCUT2D eigenvalue weighted by Crippen LogP contribution is -2.41. The van der Waals surface area contributed by atoms with Gasteiger partial charge in [0.05, 0.1) is 0 Å². The molecule has 0 aliphatic carbocycles. The molecule has 3 N–H and O–H groups in total. The molecule has 0 spiro atoms. The zero-order valence-electron chi connectivity index (χ0n) is 12.5. The number of carbonyl (C=O) groups is 1. The first kappa shape index (κ1) is 15.8. The molecule has 1 aromatic carbocycles. The van der Waals surface area contributed by atoms with E-state index in [2.05, 4.69) is 10.2 Å². The van der Waals surface area contributed by atoms with Crippen molar-refractivity contribution in [2.24, 2.45) is 5.92 Å². The number of benzene rings is 1. The molecular weight excluding hydrogens is 268 g/mol. The fourth-order valence-electron chi connectivity index (χ4n) is 2.83. The van der Waals surface area contributed by atoms with E-state index in [1.165, 1.54) is 6.07 Å². The third kappa shape index (κ3) is 4.44. The molecule has 1 amide bonds. The van der Waals surface area contributed by atoms with Gasteiger partial charge in [0.1, 0.15) is 5.75 Å². The van der Waals surface area contributed by atoms with Crippen molar-refractivity contribution in [1.29, 1.82) is 0 Å². The number of nitrogens with zero attached hydrogens (tertiary/aromatic N) is 1. The van der Waals surface area contributed by atoms with Crippen molar-refractivity contribution >= 4 is 5.91 Å². The molecule has 1 saturated heterocycles. The molecule has 1 aliphatic rings. The fraction of sp³-hybridized carbons (Fsp3) is 0.562. The summed E-state index contributed by atoms with van der Waals surface area (Å²) in [5.74, 6) is 0.435. The topological polar surface area (TPSA) is 72.8 Å². The Labute approximate surface area is 125 Å². The predicted octanol–water partition coefficient (Wildman–Crippen LogP) is 1.13. The maximum absolute atomic E-state index is 12.1. The van der Waals surface area contributed by atoms with Gasteiger partial charge in [-0.25, -0.2) is 0 Å². The van der Waals surface area contributed by atoms with Gasteiger partial charge in [-0.1, -0.05) is 0 Å². The Hall–Kier alpha value is -1.59. The van der Waals surface area contributed by atoms with Crippen molar-refractivity contribution in [3.8, 4) is 5.75 Å². The van der Waals surface area contributed by atoms with Crippen LogP contribution in [0.2, 0.25) is 0 Å². The van der Waals surface area contributed by atoms with Crippen molar-refractivity contribution in [3.05, 3.63) is 29.3 Å². The van der Waals surface area contributed by atoms with Gasteiger partial charge in [-0.3, -0.25) is 4.79 Å². The number of phenols is 1. The van der Waals surface area contributed by atoms with Crippen LogP contribution in [0.5, 0.6) is 5.75 Å². The van der Waals surface area contributed by atoms with Crippen LogP contribution in [0, 0.1) is 12.8 Å². The Morgan fingerprint density at radius 2 is 2.29 bits per heavy atom. The summed E-state index contributed by atoms with van der Waals surface area (Å²) in [7, 11) is 0. The highest BCUT2D eigenvalue weighted by Gasteiger charge is 2.19. The molecule has 1 fully saturated rings. The number of amides is 1. The summed E-state index contributed by atoms with van der Waals surface area (Å²) >= 11 is 0. The van der Waals surface area contributed by atoms with Gasteiger partial charge >= 0.3 is 0 Å². The van der Waals surface area contributed by atoms with Gasteiger partial charge in [0.25, 0.3) is 5.91 Å². The Balaban J connectivity index is 1.79. The second-order valence-electron chi connectivity index (χ2n) is 5.75. The second-order valence-corrected chi connectivity index (χ2v) is 5.75. The molecule has 2 rings (SSSR count). The number of aromatic hydroxyl groups is 1. The number of carbonyl (C=O) groups excluding carboxylic acids is 1. The van der Waals surface area contributed by atoms with Crippen molar-refractivity contribution in [2.75, 3.05) is 32.8 Å². The summed E-state index contributed by atoms with van der Waals surface area (Å²) in [6.07, 6.45) is 2.20. The monoisotopic (exact) mass is 292 g/mol. The normalized spacial score (nSPS) is 19.4. The van der Waals surface area contributed by atoms with Crippen LogP contribution in [0.25, 0.3) is 0 Å². The third-order valence-corrected chi connectivity index (χ3v) is 4.03. The maximum Gasteiger partial charge on any atom is 0.251 e. The quantitative estimate of drug-likeness (QED) is 0.761. The molecule has 0 aromatic heterocycles. The van der Waals surface area contributed by atoms with E-state index in [1.54, 1.807) is 12.1 Å². The lowest BCUT2D eigenvalue weighted by Gasteiger charge is -2.31. The number of hydrogen-bond donors (Lipinski definition) is 3. The number of aliphatic hydroxyl groups excluding tert-OH is 1. The molecule has 5 heteroatoms. The first-order chi connectivity index (χ1) is 10.1. The first-order valence-corrected chi connectivity index (χ1v) is 7.51. The number of phenolic OH excluding ortho intramolecular Hbond substituents is 1. The Morgan fingerprint density at radius 3 is 3.00 bits per heavy atom. The van der Waals surface area contributed by atoms with Crippen LogP contribution in [0.15, 0.2) is 18.2 Å². The number of likely N-dealkylation sites (tertiary alicyclic amines) is 1. The van der Waals surface area contributed by atoms with Gasteiger partial charge in [0, 0.05) is 31.8 Å². The number of rotatable bonds is 5. The zero-order chi connectivity index (χ0) is 15.2. The summed E-state index contributed by atoms with van der Waals surface area (Å²) < 4.78 is 0. The smallest absolute Gasteiger partial charge is 0.251 e. The third-order valence-electron chi connectivity index (χ3n) is 4.03. The Bertz CT molecular complexity index is 490. The molecule has 1 aromatic rings. The Kier molecular flexibility index (Phi) is 5.59. The molecule has 5 nitrogen and oxygen atoms in total. The van der Waals surface area contributed by atoms with Crippen molar-refractivity contribution in [3.63, 3.8) is 0 Å². The van der Waals surface area contributed by atoms with E-state index in [-0.39, 0.29) is 18.3 Å². The van der Waals surface area contributed by atoms with Gasteiger partial charge in [-0.15, -0.1) is 0 Å². The van der Waals surface area contributed by atoms with E-state index in [4.69, 9.17) is 0 Å². The molecule has 1 heterocycles.